The van der Waals surface area contributed by atoms with E-state index in [1.165, 1.54) is 0 Å². The molecule has 0 N–H and O–H groups in total. The molecule has 0 radical (unpaired) electrons. The van der Waals surface area contributed by atoms with Crippen LogP contribution in [0.25, 0.3) is 6.08 Å². The van der Waals surface area contributed by atoms with Gasteiger partial charge in [0.2, 0.25) is 0 Å². The Bertz CT molecular complexity index is 491. The smallest absolute Gasteiger partial charge is 0.195 e. The Kier molecular flexibility index (Phi) is 4.07. The van der Waals surface area contributed by atoms with Gasteiger partial charge < -0.3 is 9.47 Å². The minimum Gasteiger partial charge on any atom is -0.344 e. The maximum Gasteiger partial charge on any atom is 0.195 e. The van der Waals surface area contributed by atoms with E-state index in [4.69, 9.17) is 32.7 Å². The summed E-state index contributed by atoms with van der Waals surface area (Å²) in [6.07, 6.45) is 2.34. The molecule has 1 aromatic carbocycles. The summed E-state index contributed by atoms with van der Waals surface area (Å²) in [5, 5.41) is 0.842. The van der Waals surface area contributed by atoms with Gasteiger partial charge in [-0.3, -0.25) is 4.79 Å². The highest BCUT2D eigenvalue weighted by Gasteiger charge is 2.35. The van der Waals surface area contributed by atoms with Crippen LogP contribution in [0.3, 0.4) is 0 Å². The third-order valence-electron chi connectivity index (χ3n) is 2.78. The van der Waals surface area contributed by atoms with Crippen LogP contribution < -0.4 is 0 Å². The topological polar surface area (TPSA) is 35.5 Å². The van der Waals surface area contributed by atoms with Crippen molar-refractivity contribution in [2.24, 2.45) is 0 Å². The van der Waals surface area contributed by atoms with Crippen molar-refractivity contribution in [2.75, 3.05) is 13.2 Å². The second-order valence-corrected chi connectivity index (χ2v) is 4.79. The molecule has 0 unspecified atom stereocenters. The molecule has 2 rings (SSSR count). The van der Waals surface area contributed by atoms with Crippen molar-refractivity contribution in [1.82, 2.24) is 0 Å². The zero-order valence-corrected chi connectivity index (χ0v) is 11.3. The largest absolute Gasteiger partial charge is 0.344 e. The molecular formula is C13H12Cl2O3. The summed E-state index contributed by atoms with van der Waals surface area (Å²) in [5.41, 5.74) is 1.04. The van der Waals surface area contributed by atoms with Gasteiger partial charge in [-0.25, -0.2) is 0 Å². The molecule has 0 spiro atoms. The number of ether oxygens (including phenoxy) is 2. The van der Waals surface area contributed by atoms with E-state index >= 15 is 0 Å². The van der Waals surface area contributed by atoms with Gasteiger partial charge in [-0.05, 0) is 24.6 Å². The normalized spacial score (nSPS) is 18.9. The van der Waals surface area contributed by atoms with E-state index in [0.29, 0.717) is 40.7 Å². The number of rotatable bonds is 3. The maximum atomic E-state index is 11.2. The van der Waals surface area contributed by atoms with E-state index in [9.17, 15) is 4.79 Å². The first-order valence-electron chi connectivity index (χ1n) is 5.46. The van der Waals surface area contributed by atoms with Crippen molar-refractivity contribution in [3.63, 3.8) is 0 Å². The minimum atomic E-state index is -1.01. The van der Waals surface area contributed by atoms with Crippen molar-refractivity contribution in [3.8, 4) is 0 Å². The van der Waals surface area contributed by atoms with Gasteiger partial charge in [0.25, 0.3) is 0 Å². The first-order chi connectivity index (χ1) is 8.57. The highest BCUT2D eigenvalue weighted by atomic mass is 35.5. The summed E-state index contributed by atoms with van der Waals surface area (Å²) >= 11 is 12.0. The SMILES string of the molecule is CC1(C(C=O)=Cc2cccc(Cl)c2Cl)OCCO1. The summed E-state index contributed by atoms with van der Waals surface area (Å²) in [4.78, 5) is 11.2. The highest BCUT2D eigenvalue weighted by molar-refractivity contribution is 6.42. The Morgan fingerprint density at radius 1 is 1.33 bits per heavy atom. The van der Waals surface area contributed by atoms with Crippen LogP contribution in [0.15, 0.2) is 23.8 Å². The third-order valence-corrected chi connectivity index (χ3v) is 3.62. The number of carbonyl (C=O) groups is 1. The van der Waals surface area contributed by atoms with Crippen molar-refractivity contribution in [1.29, 1.82) is 0 Å². The lowest BCUT2D eigenvalue weighted by molar-refractivity contribution is -0.124. The lowest BCUT2D eigenvalue weighted by Crippen LogP contribution is -2.29. The molecule has 1 fully saturated rings. The monoisotopic (exact) mass is 286 g/mol. The quantitative estimate of drug-likeness (QED) is 0.632. The van der Waals surface area contributed by atoms with Gasteiger partial charge in [0.05, 0.1) is 28.8 Å². The van der Waals surface area contributed by atoms with Crippen LogP contribution in [0.2, 0.25) is 10.0 Å². The summed E-state index contributed by atoms with van der Waals surface area (Å²) in [5.74, 6) is -1.01. The zero-order valence-electron chi connectivity index (χ0n) is 9.78. The molecule has 1 aromatic rings. The molecule has 3 nitrogen and oxygen atoms in total. The number of carbonyl (C=O) groups excluding carboxylic acids is 1. The molecular weight excluding hydrogens is 275 g/mol. The second-order valence-electron chi connectivity index (χ2n) is 4.00. The standard InChI is InChI=1S/C13H12Cl2O3/c1-13(17-5-6-18-13)10(8-16)7-9-3-2-4-11(14)12(9)15/h2-4,7-8H,5-6H2,1H3. The average Bonchev–Trinajstić information content (AvgIpc) is 2.79. The van der Waals surface area contributed by atoms with E-state index in [-0.39, 0.29) is 0 Å². The zero-order chi connectivity index (χ0) is 13.2. The fourth-order valence-corrected chi connectivity index (χ4v) is 2.12. The first-order valence-corrected chi connectivity index (χ1v) is 6.22. The van der Waals surface area contributed by atoms with E-state index in [1.807, 2.05) is 0 Å². The minimum absolute atomic E-state index is 0.379. The van der Waals surface area contributed by atoms with Gasteiger partial charge in [-0.1, -0.05) is 35.3 Å². The van der Waals surface area contributed by atoms with Gasteiger partial charge in [-0.2, -0.15) is 0 Å². The Labute approximate surface area is 115 Å². The van der Waals surface area contributed by atoms with Crippen molar-refractivity contribution in [3.05, 3.63) is 39.4 Å². The molecule has 1 heterocycles. The fraction of sp³-hybridized carbons (Fsp3) is 0.308. The second kappa shape index (κ2) is 5.41. The van der Waals surface area contributed by atoms with Crippen LogP contribution in [0.5, 0.6) is 0 Å². The third kappa shape index (κ3) is 2.59. The van der Waals surface area contributed by atoms with Gasteiger partial charge >= 0.3 is 0 Å². The van der Waals surface area contributed by atoms with Crippen LogP contribution >= 0.6 is 23.2 Å². The predicted molar refractivity (Wildman–Crippen MR) is 70.8 cm³/mol. The molecule has 1 aliphatic heterocycles. The van der Waals surface area contributed by atoms with Gasteiger partial charge in [0.15, 0.2) is 12.1 Å². The summed E-state index contributed by atoms with van der Waals surface area (Å²) in [6.45, 7) is 2.63. The van der Waals surface area contributed by atoms with Crippen molar-refractivity contribution >= 4 is 35.6 Å². The molecule has 18 heavy (non-hydrogen) atoms. The average molecular weight is 287 g/mol. The Balaban J connectivity index is 2.40. The molecule has 0 amide bonds. The van der Waals surface area contributed by atoms with E-state index < -0.39 is 5.79 Å². The molecule has 5 heteroatoms. The first kappa shape index (κ1) is 13.6. The van der Waals surface area contributed by atoms with Crippen molar-refractivity contribution < 1.29 is 14.3 Å². The van der Waals surface area contributed by atoms with E-state index in [1.54, 1.807) is 31.2 Å². The molecule has 0 bridgehead atoms. The maximum absolute atomic E-state index is 11.2. The summed E-state index contributed by atoms with van der Waals surface area (Å²) in [6, 6.07) is 5.23. The molecule has 0 saturated carbocycles. The fourth-order valence-electron chi connectivity index (χ4n) is 1.75. The highest BCUT2D eigenvalue weighted by Crippen LogP contribution is 2.31. The van der Waals surface area contributed by atoms with Gasteiger partial charge in [0.1, 0.15) is 0 Å². The van der Waals surface area contributed by atoms with Crippen LogP contribution in [-0.2, 0) is 14.3 Å². The molecule has 0 aliphatic carbocycles. The van der Waals surface area contributed by atoms with Crippen molar-refractivity contribution in [2.45, 2.75) is 12.7 Å². The van der Waals surface area contributed by atoms with Gasteiger partial charge in [0, 0.05) is 0 Å². The number of hydrogen-bond acceptors (Lipinski definition) is 3. The Hall–Kier alpha value is -0.870. The molecule has 0 atom stereocenters. The molecule has 1 aliphatic rings. The van der Waals surface area contributed by atoms with Gasteiger partial charge in [-0.15, -0.1) is 0 Å². The van der Waals surface area contributed by atoms with Crippen LogP contribution in [0, 0.1) is 0 Å². The van der Waals surface area contributed by atoms with Crippen LogP contribution in [0.1, 0.15) is 12.5 Å². The summed E-state index contributed by atoms with van der Waals surface area (Å²) < 4.78 is 10.9. The Morgan fingerprint density at radius 2 is 2.00 bits per heavy atom. The molecule has 0 aromatic heterocycles. The summed E-state index contributed by atoms with van der Waals surface area (Å²) in [7, 11) is 0. The molecule has 1 saturated heterocycles. The number of hydrogen-bond donors (Lipinski definition) is 0. The van der Waals surface area contributed by atoms with Crippen LogP contribution in [-0.4, -0.2) is 25.3 Å². The van der Waals surface area contributed by atoms with E-state index in [2.05, 4.69) is 0 Å². The van der Waals surface area contributed by atoms with E-state index in [0.717, 1.165) is 0 Å². The number of benzene rings is 1. The number of aldehydes is 1. The van der Waals surface area contributed by atoms with Crippen LogP contribution in [0.4, 0.5) is 0 Å². The Morgan fingerprint density at radius 3 is 2.61 bits per heavy atom. The molecule has 96 valence electrons. The lowest BCUT2D eigenvalue weighted by atomic mass is 10.1. The predicted octanol–water partition coefficient (Wildman–Crippen LogP) is 3.34. The number of halogens is 2. The lowest BCUT2D eigenvalue weighted by Gasteiger charge is -2.22.